The van der Waals surface area contributed by atoms with Gasteiger partial charge in [0.1, 0.15) is 0 Å². The average Bonchev–Trinajstić information content (AvgIpc) is 2.62. The minimum absolute atomic E-state index is 0.0522. The van der Waals surface area contributed by atoms with Crippen molar-refractivity contribution in [2.75, 3.05) is 0 Å². The molecule has 2 aromatic rings. The van der Waals surface area contributed by atoms with Crippen LogP contribution in [-0.2, 0) is 3.82 Å². The summed E-state index contributed by atoms with van der Waals surface area (Å²) in [5.41, 5.74) is 5.48. The Morgan fingerprint density at radius 1 is 0.808 bits per heavy atom. The normalized spacial score (nSPS) is 12.8. The van der Waals surface area contributed by atoms with Gasteiger partial charge in [-0.1, -0.05) is 0 Å². The molecule has 0 radical (unpaired) electrons. The van der Waals surface area contributed by atoms with E-state index < -0.39 is 0 Å². The van der Waals surface area contributed by atoms with Gasteiger partial charge in [0.15, 0.2) is 0 Å². The van der Waals surface area contributed by atoms with Crippen molar-refractivity contribution < 1.29 is 3.82 Å². The molecule has 0 heterocycles. The van der Waals surface area contributed by atoms with E-state index in [1.807, 2.05) is 12.1 Å². The third-order valence-corrected chi connectivity index (χ3v) is 6.63. The molecule has 2 heteroatoms. The monoisotopic (exact) mass is 416 g/mol. The quantitative estimate of drug-likeness (QED) is 0.366. The van der Waals surface area contributed by atoms with Gasteiger partial charge >= 0.3 is 166 Å². The van der Waals surface area contributed by atoms with Gasteiger partial charge < -0.3 is 0 Å². The Balaban J connectivity index is 2.39. The Kier molecular flexibility index (Phi) is 7.70. The maximum absolute atomic E-state index is 6.39. The molecule has 2 aromatic carbocycles. The molecule has 0 unspecified atom stereocenters. The fourth-order valence-corrected chi connectivity index (χ4v) is 5.42. The Hall–Kier alpha value is -1.34. The van der Waals surface area contributed by atoms with Crippen LogP contribution in [0.15, 0.2) is 55.1 Å². The van der Waals surface area contributed by atoms with E-state index >= 15 is 0 Å². The third kappa shape index (κ3) is 5.10. The zero-order valence-electron chi connectivity index (χ0n) is 17.0. The van der Waals surface area contributed by atoms with E-state index in [2.05, 4.69) is 84.5 Å². The Labute approximate surface area is 166 Å². The molecule has 140 valence electrons. The Morgan fingerprint density at radius 3 is 1.77 bits per heavy atom. The van der Waals surface area contributed by atoms with Crippen molar-refractivity contribution >= 4 is 19.7 Å². The van der Waals surface area contributed by atoms with E-state index in [1.54, 1.807) is 0 Å². The molecule has 0 fully saturated rings. The summed E-state index contributed by atoms with van der Waals surface area (Å²) in [5.74, 6) is 1.52. The second kappa shape index (κ2) is 9.55. The van der Waals surface area contributed by atoms with E-state index in [4.69, 9.17) is 3.82 Å². The van der Waals surface area contributed by atoms with Crippen molar-refractivity contribution in [1.82, 2.24) is 0 Å². The molecule has 2 rings (SSSR count). The van der Waals surface area contributed by atoms with Crippen LogP contribution in [0.5, 0.6) is 0 Å². The predicted molar refractivity (Wildman–Crippen MR) is 115 cm³/mol. The molecule has 1 atom stereocenters. The van der Waals surface area contributed by atoms with Gasteiger partial charge in [0.25, 0.3) is 0 Å². The summed E-state index contributed by atoms with van der Waals surface area (Å²) in [6, 6.07) is 15.2. The van der Waals surface area contributed by atoms with Crippen LogP contribution >= 0.6 is 0 Å². The molecule has 0 spiro atoms. The summed E-state index contributed by atoms with van der Waals surface area (Å²) in [6.07, 6.45) is 1.85. The van der Waals surface area contributed by atoms with E-state index in [-0.39, 0.29) is 21.4 Å². The fourth-order valence-electron chi connectivity index (χ4n) is 2.96. The van der Waals surface area contributed by atoms with Crippen LogP contribution in [0, 0.1) is 0 Å². The number of benzene rings is 2. The summed E-state index contributed by atoms with van der Waals surface area (Å²) in [5, 5.41) is 0. The number of hydrogen-bond acceptors (Lipinski definition) is 1. The SMILES string of the molecule is C=C[C@H](O[Se]c1c(C(C)C)cc(C(C)C)cc1C(C)C)c1ccccc1. The van der Waals surface area contributed by atoms with Crippen LogP contribution in [0.25, 0.3) is 0 Å². The summed E-state index contributed by atoms with van der Waals surface area (Å²) < 4.78 is 7.80. The zero-order chi connectivity index (χ0) is 19.3. The van der Waals surface area contributed by atoms with Crippen molar-refractivity contribution in [3.63, 3.8) is 0 Å². The van der Waals surface area contributed by atoms with E-state index in [9.17, 15) is 0 Å². The van der Waals surface area contributed by atoms with Crippen molar-refractivity contribution in [3.05, 3.63) is 77.4 Å². The van der Waals surface area contributed by atoms with Gasteiger partial charge in [0.05, 0.1) is 0 Å². The summed E-state index contributed by atoms with van der Waals surface area (Å²) in [4.78, 5) is 0. The molecule has 0 N–H and O–H groups in total. The van der Waals surface area contributed by atoms with Crippen LogP contribution in [-0.4, -0.2) is 15.3 Å². The molecule has 0 saturated heterocycles. The summed E-state index contributed by atoms with van der Waals surface area (Å²) >= 11 is -0.0522. The molecule has 0 amide bonds. The topological polar surface area (TPSA) is 9.23 Å². The predicted octanol–water partition coefficient (Wildman–Crippen LogP) is 6.25. The van der Waals surface area contributed by atoms with Gasteiger partial charge in [-0.3, -0.25) is 0 Å². The first kappa shape index (κ1) is 21.0. The second-order valence-corrected chi connectivity index (χ2v) is 9.35. The van der Waals surface area contributed by atoms with Gasteiger partial charge in [-0.2, -0.15) is 0 Å². The van der Waals surface area contributed by atoms with Gasteiger partial charge in [0, 0.05) is 0 Å². The van der Waals surface area contributed by atoms with Gasteiger partial charge in [-0.15, -0.1) is 0 Å². The van der Waals surface area contributed by atoms with Crippen LogP contribution < -0.4 is 4.46 Å². The summed E-state index contributed by atoms with van der Waals surface area (Å²) in [6.45, 7) is 17.7. The van der Waals surface area contributed by atoms with Gasteiger partial charge in [-0.25, -0.2) is 0 Å². The molecular weight excluding hydrogens is 383 g/mol. The van der Waals surface area contributed by atoms with Crippen molar-refractivity contribution in [1.29, 1.82) is 0 Å². The van der Waals surface area contributed by atoms with Crippen molar-refractivity contribution in [2.24, 2.45) is 0 Å². The second-order valence-electron chi connectivity index (χ2n) is 7.74. The molecule has 1 nitrogen and oxygen atoms in total. The molecular formula is C24H32OSe. The molecule has 0 aromatic heterocycles. The maximum atomic E-state index is 6.39. The molecule has 26 heavy (non-hydrogen) atoms. The number of hydrogen-bond donors (Lipinski definition) is 0. The van der Waals surface area contributed by atoms with Crippen LogP contribution in [0.4, 0.5) is 0 Å². The van der Waals surface area contributed by atoms with E-state index in [0.717, 1.165) is 0 Å². The Morgan fingerprint density at radius 2 is 1.35 bits per heavy atom. The molecule has 0 saturated carbocycles. The standard InChI is InChI=1S/C24H32OSe/c1-8-23(19-12-10-9-11-13-19)25-26-24-21(17(4)5)14-20(16(2)3)15-22(24)18(6)7/h8-18,23H,1H2,2-7H3/t23-/m0/s1. The first-order valence-electron chi connectivity index (χ1n) is 9.53. The van der Waals surface area contributed by atoms with Crippen LogP contribution in [0.2, 0.25) is 0 Å². The van der Waals surface area contributed by atoms with Crippen molar-refractivity contribution in [3.8, 4) is 0 Å². The first-order valence-corrected chi connectivity index (χ1v) is 11.1. The van der Waals surface area contributed by atoms with E-state index in [1.165, 1.54) is 26.7 Å². The van der Waals surface area contributed by atoms with Crippen LogP contribution in [0.1, 0.15) is 87.7 Å². The third-order valence-electron chi connectivity index (χ3n) is 4.66. The fraction of sp³-hybridized carbons (Fsp3) is 0.417. The first-order chi connectivity index (χ1) is 12.3. The molecule has 0 bridgehead atoms. The molecule has 0 aliphatic carbocycles. The number of rotatable bonds is 8. The average molecular weight is 415 g/mol. The van der Waals surface area contributed by atoms with Gasteiger partial charge in [0.2, 0.25) is 0 Å². The summed E-state index contributed by atoms with van der Waals surface area (Å²) in [7, 11) is 0. The van der Waals surface area contributed by atoms with Crippen molar-refractivity contribution in [2.45, 2.75) is 65.4 Å². The van der Waals surface area contributed by atoms with Crippen LogP contribution in [0.3, 0.4) is 0 Å². The Bertz CT molecular complexity index is 687. The zero-order valence-corrected chi connectivity index (χ0v) is 18.7. The molecule has 0 aliphatic heterocycles. The minimum atomic E-state index is -0.0546. The van der Waals surface area contributed by atoms with Gasteiger partial charge in [-0.05, 0) is 0 Å². The molecule has 0 aliphatic rings. The van der Waals surface area contributed by atoms with E-state index in [0.29, 0.717) is 17.8 Å².